The monoisotopic (exact) mass is 289 g/mol. The molecule has 1 aromatic rings. The molecule has 0 saturated heterocycles. The van der Waals surface area contributed by atoms with Crippen LogP contribution in [0.25, 0.3) is 0 Å². The SMILES string of the molecule is CC(C)N(CCNc1ncc(Cl)cc1Cl)C(C)C. The van der Waals surface area contributed by atoms with E-state index in [4.69, 9.17) is 23.2 Å². The van der Waals surface area contributed by atoms with E-state index >= 15 is 0 Å². The predicted octanol–water partition coefficient (Wildman–Crippen LogP) is 3.92. The Morgan fingerprint density at radius 3 is 2.33 bits per heavy atom. The third kappa shape index (κ3) is 4.63. The smallest absolute Gasteiger partial charge is 0.144 e. The molecule has 0 aromatic carbocycles. The lowest BCUT2D eigenvalue weighted by Crippen LogP contribution is -2.40. The summed E-state index contributed by atoms with van der Waals surface area (Å²) in [6, 6.07) is 2.75. The third-order valence-corrected chi connectivity index (χ3v) is 3.29. The average Bonchev–Trinajstić information content (AvgIpc) is 2.25. The second-order valence-corrected chi connectivity index (χ2v) is 5.68. The van der Waals surface area contributed by atoms with Gasteiger partial charge in [0.05, 0.1) is 10.0 Å². The van der Waals surface area contributed by atoms with Crippen LogP contribution in [0.15, 0.2) is 12.3 Å². The molecule has 0 fully saturated rings. The molecular formula is C13H21Cl2N3. The minimum atomic E-state index is 0.528. The summed E-state index contributed by atoms with van der Waals surface area (Å²) in [5, 5.41) is 4.35. The van der Waals surface area contributed by atoms with E-state index in [0.717, 1.165) is 13.1 Å². The van der Waals surface area contributed by atoms with Crippen molar-refractivity contribution in [1.29, 1.82) is 0 Å². The molecule has 0 radical (unpaired) electrons. The molecule has 0 aliphatic carbocycles. The molecule has 0 aliphatic heterocycles. The normalized spacial score (nSPS) is 11.6. The zero-order valence-corrected chi connectivity index (χ0v) is 12.9. The number of anilines is 1. The Balaban J connectivity index is 2.50. The number of hydrogen-bond acceptors (Lipinski definition) is 3. The van der Waals surface area contributed by atoms with Crippen LogP contribution in [0.5, 0.6) is 0 Å². The van der Waals surface area contributed by atoms with Gasteiger partial charge in [0.2, 0.25) is 0 Å². The Bertz CT molecular complexity index is 372. The second-order valence-electron chi connectivity index (χ2n) is 4.84. The van der Waals surface area contributed by atoms with E-state index in [1.165, 1.54) is 0 Å². The van der Waals surface area contributed by atoms with Crippen molar-refractivity contribution in [2.45, 2.75) is 39.8 Å². The molecule has 1 heterocycles. The fourth-order valence-corrected chi connectivity index (χ4v) is 2.41. The zero-order valence-electron chi connectivity index (χ0n) is 11.4. The fourth-order valence-electron chi connectivity index (χ4n) is 1.96. The standard InChI is InChI=1S/C13H21Cl2N3/c1-9(2)18(10(3)4)6-5-16-13-12(15)7-11(14)8-17-13/h7-10H,5-6H2,1-4H3,(H,16,17). The molecule has 0 bridgehead atoms. The first-order valence-electron chi connectivity index (χ1n) is 6.22. The van der Waals surface area contributed by atoms with Crippen LogP contribution in [0.3, 0.4) is 0 Å². The first-order chi connectivity index (χ1) is 8.41. The number of nitrogens with one attached hydrogen (secondary N) is 1. The summed E-state index contributed by atoms with van der Waals surface area (Å²) in [6.07, 6.45) is 1.60. The lowest BCUT2D eigenvalue weighted by Gasteiger charge is -2.30. The Kier molecular flexibility index (Phi) is 6.19. The van der Waals surface area contributed by atoms with Gasteiger partial charge in [0, 0.05) is 31.4 Å². The molecule has 5 heteroatoms. The van der Waals surface area contributed by atoms with Crippen molar-refractivity contribution in [3.63, 3.8) is 0 Å². The first kappa shape index (κ1) is 15.5. The zero-order chi connectivity index (χ0) is 13.7. The summed E-state index contributed by atoms with van der Waals surface area (Å²) in [5.41, 5.74) is 0. The Hall–Kier alpha value is -0.510. The molecule has 0 spiro atoms. The average molecular weight is 290 g/mol. The summed E-state index contributed by atoms with van der Waals surface area (Å²) in [5.74, 6) is 0.688. The van der Waals surface area contributed by atoms with Crippen molar-refractivity contribution < 1.29 is 0 Å². The van der Waals surface area contributed by atoms with Gasteiger partial charge in [-0.3, -0.25) is 4.90 Å². The van der Waals surface area contributed by atoms with Crippen LogP contribution in [0, 0.1) is 0 Å². The first-order valence-corrected chi connectivity index (χ1v) is 6.98. The molecule has 1 rings (SSSR count). The van der Waals surface area contributed by atoms with Gasteiger partial charge in [-0.05, 0) is 33.8 Å². The van der Waals surface area contributed by atoms with Gasteiger partial charge in [0.1, 0.15) is 5.82 Å². The van der Waals surface area contributed by atoms with E-state index < -0.39 is 0 Å². The molecule has 102 valence electrons. The van der Waals surface area contributed by atoms with E-state index in [0.29, 0.717) is 27.9 Å². The van der Waals surface area contributed by atoms with Crippen LogP contribution >= 0.6 is 23.2 Å². The number of aromatic nitrogens is 1. The van der Waals surface area contributed by atoms with E-state index in [1.54, 1.807) is 12.3 Å². The summed E-state index contributed by atoms with van der Waals surface area (Å²) < 4.78 is 0. The van der Waals surface area contributed by atoms with Crippen molar-refractivity contribution in [1.82, 2.24) is 9.88 Å². The fraction of sp³-hybridized carbons (Fsp3) is 0.615. The van der Waals surface area contributed by atoms with Crippen LogP contribution in [0.4, 0.5) is 5.82 Å². The molecule has 18 heavy (non-hydrogen) atoms. The quantitative estimate of drug-likeness (QED) is 0.860. The van der Waals surface area contributed by atoms with Crippen LogP contribution in [-0.2, 0) is 0 Å². The van der Waals surface area contributed by atoms with Gasteiger partial charge in [-0.15, -0.1) is 0 Å². The lowest BCUT2D eigenvalue weighted by atomic mass is 10.2. The topological polar surface area (TPSA) is 28.2 Å². The molecule has 1 aromatic heterocycles. The number of nitrogens with zero attached hydrogens (tertiary/aromatic N) is 2. The van der Waals surface area contributed by atoms with Gasteiger partial charge in [-0.2, -0.15) is 0 Å². The third-order valence-electron chi connectivity index (χ3n) is 2.80. The van der Waals surface area contributed by atoms with Crippen LogP contribution in [0.2, 0.25) is 10.0 Å². The maximum atomic E-state index is 6.05. The molecule has 3 nitrogen and oxygen atoms in total. The van der Waals surface area contributed by atoms with Gasteiger partial charge in [0.15, 0.2) is 0 Å². The summed E-state index contributed by atoms with van der Waals surface area (Å²) in [4.78, 5) is 6.58. The van der Waals surface area contributed by atoms with E-state index in [2.05, 4.69) is 42.9 Å². The predicted molar refractivity (Wildman–Crippen MR) is 79.7 cm³/mol. The van der Waals surface area contributed by atoms with Gasteiger partial charge in [0.25, 0.3) is 0 Å². The largest absolute Gasteiger partial charge is 0.368 e. The molecule has 1 N–H and O–H groups in total. The Morgan fingerprint density at radius 2 is 1.83 bits per heavy atom. The molecule has 0 aliphatic rings. The van der Waals surface area contributed by atoms with E-state index in [9.17, 15) is 0 Å². The van der Waals surface area contributed by atoms with Crippen molar-refractivity contribution >= 4 is 29.0 Å². The van der Waals surface area contributed by atoms with Crippen molar-refractivity contribution in [3.05, 3.63) is 22.3 Å². The van der Waals surface area contributed by atoms with Gasteiger partial charge >= 0.3 is 0 Å². The van der Waals surface area contributed by atoms with Gasteiger partial charge in [-0.1, -0.05) is 23.2 Å². The molecule has 0 unspecified atom stereocenters. The maximum Gasteiger partial charge on any atom is 0.144 e. The van der Waals surface area contributed by atoms with Crippen LogP contribution in [-0.4, -0.2) is 35.1 Å². The number of rotatable bonds is 6. The van der Waals surface area contributed by atoms with Crippen molar-refractivity contribution in [3.8, 4) is 0 Å². The second kappa shape index (κ2) is 7.17. The highest BCUT2D eigenvalue weighted by atomic mass is 35.5. The molecule has 0 amide bonds. The van der Waals surface area contributed by atoms with Gasteiger partial charge < -0.3 is 5.32 Å². The summed E-state index contributed by atoms with van der Waals surface area (Å²) >= 11 is 11.8. The van der Waals surface area contributed by atoms with E-state index in [1.807, 2.05) is 0 Å². The maximum absolute atomic E-state index is 6.05. The molecule has 0 atom stereocenters. The highest BCUT2D eigenvalue weighted by Crippen LogP contribution is 2.22. The highest BCUT2D eigenvalue weighted by Gasteiger charge is 2.12. The number of pyridine rings is 1. The van der Waals surface area contributed by atoms with Crippen molar-refractivity contribution in [2.75, 3.05) is 18.4 Å². The number of halogens is 2. The van der Waals surface area contributed by atoms with E-state index in [-0.39, 0.29) is 0 Å². The summed E-state index contributed by atoms with van der Waals surface area (Å²) in [6.45, 7) is 10.6. The summed E-state index contributed by atoms with van der Waals surface area (Å²) in [7, 11) is 0. The minimum Gasteiger partial charge on any atom is -0.368 e. The number of hydrogen-bond donors (Lipinski definition) is 1. The highest BCUT2D eigenvalue weighted by molar-refractivity contribution is 6.35. The minimum absolute atomic E-state index is 0.528. The Morgan fingerprint density at radius 1 is 1.22 bits per heavy atom. The Labute approximate surface area is 119 Å². The van der Waals surface area contributed by atoms with Crippen LogP contribution in [0.1, 0.15) is 27.7 Å². The van der Waals surface area contributed by atoms with Gasteiger partial charge in [-0.25, -0.2) is 4.98 Å². The molecule has 0 saturated carbocycles. The van der Waals surface area contributed by atoms with Crippen LogP contribution < -0.4 is 5.32 Å². The van der Waals surface area contributed by atoms with Crippen molar-refractivity contribution in [2.24, 2.45) is 0 Å². The molecular weight excluding hydrogens is 269 g/mol. The lowest BCUT2D eigenvalue weighted by molar-refractivity contribution is 0.182.